The third kappa shape index (κ3) is 2.69. The highest BCUT2D eigenvalue weighted by molar-refractivity contribution is 5.75. The first-order valence-electron chi connectivity index (χ1n) is 7.35. The highest BCUT2D eigenvalue weighted by Crippen LogP contribution is 2.19. The number of hydrogen-bond donors (Lipinski definition) is 1. The molecule has 0 aliphatic rings. The summed E-state index contributed by atoms with van der Waals surface area (Å²) >= 11 is 0. The fourth-order valence-corrected chi connectivity index (χ4v) is 2.68. The van der Waals surface area contributed by atoms with E-state index in [0.717, 1.165) is 17.8 Å². The van der Waals surface area contributed by atoms with Crippen LogP contribution in [0.5, 0.6) is 0 Å². The topological polar surface area (TPSA) is 29.9 Å². The van der Waals surface area contributed by atoms with Crippen LogP contribution in [0, 0.1) is 0 Å². The molecule has 0 aliphatic heterocycles. The Bertz CT molecular complexity index is 758. The number of nitrogens with zero attached hydrogens (tertiary/aromatic N) is 2. The molecule has 3 heteroatoms. The molecule has 108 valence electrons. The molecule has 1 unspecified atom stereocenters. The number of imidazole rings is 1. The Hall–Kier alpha value is -2.13. The van der Waals surface area contributed by atoms with E-state index in [1.54, 1.807) is 0 Å². The van der Waals surface area contributed by atoms with Crippen LogP contribution in [0.1, 0.15) is 29.9 Å². The lowest BCUT2D eigenvalue weighted by Gasteiger charge is -2.12. The Balaban J connectivity index is 1.93. The van der Waals surface area contributed by atoms with E-state index in [2.05, 4.69) is 66.3 Å². The zero-order chi connectivity index (χ0) is 14.8. The predicted octanol–water partition coefficient (Wildman–Crippen LogP) is 3.44. The molecule has 0 saturated carbocycles. The maximum absolute atomic E-state index is 4.75. The second-order valence-electron chi connectivity index (χ2n) is 5.51. The van der Waals surface area contributed by atoms with Crippen molar-refractivity contribution >= 4 is 11.0 Å². The van der Waals surface area contributed by atoms with Crippen molar-refractivity contribution in [3.05, 3.63) is 65.5 Å². The van der Waals surface area contributed by atoms with Crippen LogP contribution in [-0.2, 0) is 13.5 Å². The van der Waals surface area contributed by atoms with Gasteiger partial charge in [0, 0.05) is 19.5 Å². The predicted molar refractivity (Wildman–Crippen MR) is 87.4 cm³/mol. The monoisotopic (exact) mass is 279 g/mol. The van der Waals surface area contributed by atoms with Crippen LogP contribution in [0.3, 0.4) is 0 Å². The van der Waals surface area contributed by atoms with E-state index < -0.39 is 0 Å². The van der Waals surface area contributed by atoms with Crippen molar-refractivity contribution in [1.82, 2.24) is 14.9 Å². The van der Waals surface area contributed by atoms with Gasteiger partial charge in [-0.2, -0.15) is 0 Å². The van der Waals surface area contributed by atoms with Crippen LogP contribution >= 0.6 is 0 Å². The number of hydrogen-bond acceptors (Lipinski definition) is 2. The number of rotatable bonds is 4. The van der Waals surface area contributed by atoms with Gasteiger partial charge in [-0.15, -0.1) is 0 Å². The molecule has 1 N–H and O–H groups in total. The van der Waals surface area contributed by atoms with Crippen LogP contribution in [0.25, 0.3) is 11.0 Å². The second-order valence-corrected chi connectivity index (χ2v) is 5.51. The smallest absolute Gasteiger partial charge is 0.114 e. The Morgan fingerprint density at radius 3 is 2.71 bits per heavy atom. The minimum atomic E-state index is 0.366. The van der Waals surface area contributed by atoms with Gasteiger partial charge in [-0.25, -0.2) is 4.98 Å². The van der Waals surface area contributed by atoms with Gasteiger partial charge in [0.25, 0.3) is 0 Å². The highest BCUT2D eigenvalue weighted by Gasteiger charge is 2.09. The number of aryl methyl sites for hydroxylation is 1. The standard InChI is InChI=1S/C18H21N3/c1-13(19-2)15-8-6-7-14(11-15)12-18-20-16-9-4-5-10-17(16)21(18)3/h4-11,13,19H,12H2,1-3H3. The zero-order valence-electron chi connectivity index (χ0n) is 12.8. The van der Waals surface area contributed by atoms with Gasteiger partial charge in [-0.3, -0.25) is 0 Å². The molecule has 0 aliphatic carbocycles. The molecule has 3 rings (SSSR count). The van der Waals surface area contributed by atoms with E-state index in [0.29, 0.717) is 6.04 Å². The van der Waals surface area contributed by atoms with Gasteiger partial charge >= 0.3 is 0 Å². The molecular weight excluding hydrogens is 258 g/mol. The summed E-state index contributed by atoms with van der Waals surface area (Å²) in [5, 5.41) is 3.28. The van der Waals surface area contributed by atoms with E-state index in [4.69, 9.17) is 4.98 Å². The molecule has 3 nitrogen and oxygen atoms in total. The normalized spacial score (nSPS) is 12.7. The Kier molecular flexibility index (Phi) is 3.76. The first-order chi connectivity index (χ1) is 10.2. The maximum atomic E-state index is 4.75. The van der Waals surface area contributed by atoms with Crippen molar-refractivity contribution < 1.29 is 0 Å². The molecule has 21 heavy (non-hydrogen) atoms. The van der Waals surface area contributed by atoms with Crippen LogP contribution in [0.2, 0.25) is 0 Å². The molecule has 0 spiro atoms. The summed E-state index contributed by atoms with van der Waals surface area (Å²) in [4.78, 5) is 4.75. The van der Waals surface area contributed by atoms with Crippen molar-refractivity contribution in [2.45, 2.75) is 19.4 Å². The summed E-state index contributed by atoms with van der Waals surface area (Å²) in [6.45, 7) is 2.17. The van der Waals surface area contributed by atoms with Crippen molar-refractivity contribution in [2.24, 2.45) is 7.05 Å². The van der Waals surface area contributed by atoms with Crippen LogP contribution in [0.4, 0.5) is 0 Å². The fourth-order valence-electron chi connectivity index (χ4n) is 2.68. The molecule has 0 amide bonds. The molecule has 1 heterocycles. The van der Waals surface area contributed by atoms with Gasteiger partial charge in [0.05, 0.1) is 11.0 Å². The second kappa shape index (κ2) is 5.70. The summed E-state index contributed by atoms with van der Waals surface area (Å²) in [5.74, 6) is 1.10. The molecule has 1 atom stereocenters. The fraction of sp³-hybridized carbons (Fsp3) is 0.278. The average Bonchev–Trinajstić information content (AvgIpc) is 2.83. The van der Waals surface area contributed by atoms with Gasteiger partial charge in [-0.05, 0) is 37.2 Å². The molecule has 3 aromatic rings. The molecule has 0 radical (unpaired) electrons. The molecule has 0 bridgehead atoms. The van der Waals surface area contributed by atoms with Gasteiger partial charge in [0.2, 0.25) is 0 Å². The summed E-state index contributed by atoms with van der Waals surface area (Å²) in [5.41, 5.74) is 4.86. The summed E-state index contributed by atoms with van der Waals surface area (Å²) in [7, 11) is 4.08. The molecular formula is C18H21N3. The minimum Gasteiger partial charge on any atom is -0.331 e. The average molecular weight is 279 g/mol. The molecule has 0 fully saturated rings. The van der Waals surface area contributed by atoms with Gasteiger partial charge < -0.3 is 9.88 Å². The summed E-state index contributed by atoms with van der Waals surface area (Å²) in [6, 6.07) is 17.4. The van der Waals surface area contributed by atoms with Crippen molar-refractivity contribution in [3.63, 3.8) is 0 Å². The third-order valence-electron chi connectivity index (χ3n) is 4.13. The Morgan fingerprint density at radius 2 is 1.95 bits per heavy atom. The van der Waals surface area contributed by atoms with E-state index in [1.165, 1.54) is 16.6 Å². The third-order valence-corrected chi connectivity index (χ3v) is 4.13. The lowest BCUT2D eigenvalue weighted by Crippen LogP contribution is -2.12. The number of para-hydroxylation sites is 2. The van der Waals surface area contributed by atoms with Gasteiger partial charge in [-0.1, -0.05) is 36.4 Å². The minimum absolute atomic E-state index is 0.366. The van der Waals surface area contributed by atoms with Crippen molar-refractivity contribution in [2.75, 3.05) is 7.05 Å². The summed E-state index contributed by atoms with van der Waals surface area (Å²) in [6.07, 6.45) is 0.857. The molecule has 0 saturated heterocycles. The van der Waals surface area contributed by atoms with Gasteiger partial charge in [0.15, 0.2) is 0 Å². The molecule has 1 aromatic heterocycles. The van der Waals surface area contributed by atoms with Gasteiger partial charge in [0.1, 0.15) is 5.82 Å². The number of benzene rings is 2. The van der Waals surface area contributed by atoms with E-state index in [1.807, 2.05) is 13.1 Å². The zero-order valence-corrected chi connectivity index (χ0v) is 12.8. The highest BCUT2D eigenvalue weighted by atomic mass is 15.1. The summed E-state index contributed by atoms with van der Waals surface area (Å²) < 4.78 is 2.18. The Labute approximate surface area is 125 Å². The largest absolute Gasteiger partial charge is 0.331 e. The quantitative estimate of drug-likeness (QED) is 0.793. The van der Waals surface area contributed by atoms with Crippen molar-refractivity contribution in [3.8, 4) is 0 Å². The first-order valence-corrected chi connectivity index (χ1v) is 7.35. The van der Waals surface area contributed by atoms with E-state index >= 15 is 0 Å². The molecule has 2 aromatic carbocycles. The first kappa shape index (κ1) is 13.8. The van der Waals surface area contributed by atoms with Crippen LogP contribution < -0.4 is 5.32 Å². The number of nitrogens with one attached hydrogen (secondary N) is 1. The lowest BCUT2D eigenvalue weighted by atomic mass is 10.0. The van der Waals surface area contributed by atoms with Crippen molar-refractivity contribution in [1.29, 1.82) is 0 Å². The maximum Gasteiger partial charge on any atom is 0.114 e. The number of aromatic nitrogens is 2. The SMILES string of the molecule is CNC(C)c1cccc(Cc2nc3ccccc3n2C)c1. The van der Waals surface area contributed by atoms with Crippen LogP contribution in [-0.4, -0.2) is 16.6 Å². The lowest BCUT2D eigenvalue weighted by molar-refractivity contribution is 0.651. The van der Waals surface area contributed by atoms with E-state index in [9.17, 15) is 0 Å². The Morgan fingerprint density at radius 1 is 1.14 bits per heavy atom. The van der Waals surface area contributed by atoms with E-state index in [-0.39, 0.29) is 0 Å². The number of fused-ring (bicyclic) bond motifs is 1. The van der Waals surface area contributed by atoms with Crippen LogP contribution in [0.15, 0.2) is 48.5 Å².